The Morgan fingerprint density at radius 2 is 1.08 bits per heavy atom. The van der Waals surface area contributed by atoms with Crippen LogP contribution >= 0.6 is 0 Å². The highest BCUT2D eigenvalue weighted by molar-refractivity contribution is 5.96. The van der Waals surface area contributed by atoms with Crippen LogP contribution in [0.3, 0.4) is 0 Å². The number of rotatable bonds is 25. The van der Waals surface area contributed by atoms with E-state index in [0.717, 1.165) is 0 Å². The Bertz CT molecular complexity index is 1190. The predicted molar refractivity (Wildman–Crippen MR) is 186 cm³/mol. The van der Waals surface area contributed by atoms with E-state index in [0.29, 0.717) is 76.4 Å². The molecule has 1 rings (SSSR count). The van der Waals surface area contributed by atoms with Gasteiger partial charge in [-0.05, 0) is 103 Å². The molecule has 0 aromatic heterocycles. The second-order valence-electron chi connectivity index (χ2n) is 12.2. The number of phenolic OH excluding ortho intramolecular Hbond substituents is 1. The zero-order valence-electron chi connectivity index (χ0n) is 28.7. The lowest BCUT2D eigenvalue weighted by Crippen LogP contribution is -2.59. The largest absolute Gasteiger partial charge is 0.508 e. The zero-order valence-corrected chi connectivity index (χ0v) is 28.7. The van der Waals surface area contributed by atoms with Crippen LogP contribution in [-0.2, 0) is 35.2 Å². The van der Waals surface area contributed by atoms with Gasteiger partial charge in [-0.3, -0.25) is 24.0 Å². The highest BCUT2D eigenvalue weighted by atomic mass is 16.3. The highest BCUT2D eigenvalue weighted by Gasteiger charge is 2.31. The summed E-state index contributed by atoms with van der Waals surface area (Å²) in [4.78, 5) is 77.1. The molecule has 0 unspecified atom stereocenters. The van der Waals surface area contributed by atoms with Crippen molar-refractivity contribution in [3.05, 3.63) is 29.8 Å². The molecule has 16 heteroatoms. The van der Waals surface area contributed by atoms with Crippen LogP contribution in [-0.4, -0.2) is 96.8 Å². The fourth-order valence-corrected chi connectivity index (χ4v) is 4.83. The van der Waals surface area contributed by atoms with E-state index in [2.05, 4.69) is 26.6 Å². The van der Waals surface area contributed by atoms with Crippen LogP contribution in [0.25, 0.3) is 0 Å². The SMILES string of the molecule is C[C@H](C=O)NC(=O)[C@@H](C)NC(=O)[C@@H](CCCCN)NC(=O)[C@@H](CCCCN)NC(=O)[C@@H](Cc1ccc(O)cc1)NC(=O)[C@H](N)CCCCN. The minimum atomic E-state index is -1.13. The molecule has 49 heavy (non-hydrogen) atoms. The number of aldehydes is 1. The molecule has 0 fully saturated rings. The average molecular weight is 692 g/mol. The molecule has 276 valence electrons. The van der Waals surface area contributed by atoms with E-state index in [1.807, 2.05) is 0 Å². The molecule has 0 aliphatic heterocycles. The van der Waals surface area contributed by atoms with Crippen LogP contribution in [0.5, 0.6) is 5.75 Å². The first-order valence-electron chi connectivity index (χ1n) is 17.0. The Hall–Kier alpha value is -4.12. The molecular weight excluding hydrogens is 634 g/mol. The fourth-order valence-electron chi connectivity index (χ4n) is 4.83. The third-order valence-electron chi connectivity index (χ3n) is 7.80. The topological polar surface area (TPSA) is 287 Å². The van der Waals surface area contributed by atoms with Crippen molar-refractivity contribution in [2.75, 3.05) is 19.6 Å². The van der Waals surface area contributed by atoms with E-state index in [1.165, 1.54) is 26.0 Å². The summed E-state index contributed by atoms with van der Waals surface area (Å²) < 4.78 is 0. The Morgan fingerprint density at radius 3 is 1.57 bits per heavy atom. The summed E-state index contributed by atoms with van der Waals surface area (Å²) >= 11 is 0. The van der Waals surface area contributed by atoms with Gasteiger partial charge in [0.2, 0.25) is 29.5 Å². The summed E-state index contributed by atoms with van der Waals surface area (Å²) in [6.07, 6.45) is 4.79. The monoisotopic (exact) mass is 691 g/mol. The predicted octanol–water partition coefficient (Wildman–Crippen LogP) is -1.69. The van der Waals surface area contributed by atoms with E-state index in [4.69, 9.17) is 22.9 Å². The second kappa shape index (κ2) is 24.1. The van der Waals surface area contributed by atoms with Crippen LogP contribution in [0.15, 0.2) is 24.3 Å². The van der Waals surface area contributed by atoms with E-state index >= 15 is 0 Å². The molecule has 14 N–H and O–H groups in total. The quantitative estimate of drug-likeness (QED) is 0.0408. The molecule has 0 bridgehead atoms. The maximum atomic E-state index is 13.7. The van der Waals surface area contributed by atoms with Gasteiger partial charge in [-0.2, -0.15) is 0 Å². The van der Waals surface area contributed by atoms with Crippen LogP contribution in [0.2, 0.25) is 0 Å². The van der Waals surface area contributed by atoms with Crippen molar-refractivity contribution in [1.82, 2.24) is 26.6 Å². The molecule has 0 aliphatic carbocycles. The maximum Gasteiger partial charge on any atom is 0.243 e. The molecule has 16 nitrogen and oxygen atoms in total. The van der Waals surface area contributed by atoms with Crippen LogP contribution < -0.4 is 49.5 Å². The minimum Gasteiger partial charge on any atom is -0.508 e. The first kappa shape index (κ1) is 42.9. The number of nitrogens with one attached hydrogen (secondary N) is 5. The highest BCUT2D eigenvalue weighted by Crippen LogP contribution is 2.13. The third kappa shape index (κ3) is 17.2. The summed E-state index contributed by atoms with van der Waals surface area (Å²) in [6, 6.07) is 0.201. The van der Waals surface area contributed by atoms with Gasteiger partial charge in [0, 0.05) is 6.42 Å². The van der Waals surface area contributed by atoms with E-state index < -0.39 is 65.8 Å². The molecule has 0 saturated carbocycles. The summed E-state index contributed by atoms with van der Waals surface area (Å²) in [5, 5.41) is 22.9. The number of unbranched alkanes of at least 4 members (excludes halogenated alkanes) is 3. The van der Waals surface area contributed by atoms with Gasteiger partial charge in [0.05, 0.1) is 12.1 Å². The fraction of sp³-hybridized carbons (Fsp3) is 0.636. The Kier molecular flexibility index (Phi) is 21.1. The van der Waals surface area contributed by atoms with Gasteiger partial charge in [0.15, 0.2) is 0 Å². The van der Waals surface area contributed by atoms with Crippen LogP contribution in [0, 0.1) is 0 Å². The summed E-state index contributed by atoms with van der Waals surface area (Å²) in [7, 11) is 0. The number of nitrogens with two attached hydrogens (primary N) is 4. The number of phenols is 1. The number of hydrogen-bond acceptors (Lipinski definition) is 11. The van der Waals surface area contributed by atoms with Crippen molar-refractivity contribution in [1.29, 1.82) is 0 Å². The molecule has 0 spiro atoms. The molecule has 1 aromatic rings. The van der Waals surface area contributed by atoms with E-state index in [-0.39, 0.29) is 25.0 Å². The van der Waals surface area contributed by atoms with E-state index in [9.17, 15) is 33.9 Å². The standard InChI is InChI=1S/C33H57N9O7/c1-21(20-43)38-29(45)22(2)39-31(47)26(10-4-7-17-35)40-32(48)27(11-5-8-18-36)41-33(49)28(19-23-12-14-24(44)15-13-23)42-30(46)25(37)9-3-6-16-34/h12-15,20-22,25-28,44H,3-11,16-19,34-37H2,1-2H3,(H,38,45)(H,39,47)(H,40,48)(H,41,49)(H,42,46)/t21-,22-,25-,26-,27-,28-/m1/s1. The van der Waals surface area contributed by atoms with Gasteiger partial charge in [-0.25, -0.2) is 0 Å². The lowest BCUT2D eigenvalue weighted by Gasteiger charge is -2.27. The van der Waals surface area contributed by atoms with Gasteiger partial charge in [-0.1, -0.05) is 18.6 Å². The van der Waals surface area contributed by atoms with Crippen molar-refractivity contribution in [2.24, 2.45) is 22.9 Å². The lowest BCUT2D eigenvalue weighted by atomic mass is 10.0. The summed E-state index contributed by atoms with van der Waals surface area (Å²) in [5.74, 6) is -3.01. The van der Waals surface area contributed by atoms with Crippen molar-refractivity contribution in [3.8, 4) is 5.75 Å². The Morgan fingerprint density at radius 1 is 0.633 bits per heavy atom. The summed E-state index contributed by atoms with van der Waals surface area (Å²) in [6.45, 7) is 4.13. The summed E-state index contributed by atoms with van der Waals surface area (Å²) in [5.41, 5.74) is 23.6. The molecule has 6 atom stereocenters. The minimum absolute atomic E-state index is 0.0305. The molecule has 0 aliphatic rings. The first-order valence-corrected chi connectivity index (χ1v) is 17.0. The van der Waals surface area contributed by atoms with Crippen LogP contribution in [0.1, 0.15) is 77.2 Å². The van der Waals surface area contributed by atoms with Crippen molar-refractivity contribution < 1.29 is 33.9 Å². The van der Waals surface area contributed by atoms with Gasteiger partial charge in [-0.15, -0.1) is 0 Å². The second-order valence-corrected chi connectivity index (χ2v) is 12.2. The zero-order chi connectivity index (χ0) is 36.8. The normalized spacial score (nSPS) is 14.7. The van der Waals surface area contributed by atoms with Crippen molar-refractivity contribution in [3.63, 3.8) is 0 Å². The lowest BCUT2D eigenvalue weighted by molar-refractivity contribution is -0.135. The van der Waals surface area contributed by atoms with Gasteiger partial charge in [0.25, 0.3) is 0 Å². The smallest absolute Gasteiger partial charge is 0.243 e. The number of hydrogen-bond donors (Lipinski definition) is 10. The van der Waals surface area contributed by atoms with Gasteiger partial charge >= 0.3 is 0 Å². The Balaban J connectivity index is 3.22. The van der Waals surface area contributed by atoms with Crippen molar-refractivity contribution >= 4 is 35.8 Å². The van der Waals surface area contributed by atoms with E-state index in [1.54, 1.807) is 12.1 Å². The maximum absolute atomic E-state index is 13.7. The number of carbonyl (C=O) groups excluding carboxylic acids is 6. The first-order chi connectivity index (χ1) is 23.4. The number of carbonyl (C=O) groups is 6. The van der Waals surface area contributed by atoms with Gasteiger partial charge in [0.1, 0.15) is 36.2 Å². The number of amides is 5. The number of aromatic hydroxyl groups is 1. The molecular formula is C33H57N9O7. The van der Waals surface area contributed by atoms with Gasteiger partial charge < -0.3 is 59.4 Å². The third-order valence-corrected chi connectivity index (χ3v) is 7.80. The Labute approximate surface area is 288 Å². The molecule has 0 heterocycles. The van der Waals surface area contributed by atoms with Crippen LogP contribution in [0.4, 0.5) is 0 Å². The molecule has 0 radical (unpaired) electrons. The average Bonchev–Trinajstić information content (AvgIpc) is 3.07. The number of benzene rings is 1. The molecule has 0 saturated heterocycles. The van der Waals surface area contributed by atoms with Crippen molar-refractivity contribution in [2.45, 2.75) is 114 Å². The molecule has 1 aromatic carbocycles. The molecule has 5 amide bonds.